The highest BCUT2D eigenvalue weighted by molar-refractivity contribution is 6.05. The number of halogens is 2. The number of rotatable bonds is 6. The van der Waals surface area contributed by atoms with Gasteiger partial charge >= 0.3 is 0 Å². The summed E-state index contributed by atoms with van der Waals surface area (Å²) in [5.74, 6) is 0.115. The van der Waals surface area contributed by atoms with Crippen LogP contribution in [0.1, 0.15) is 23.3 Å². The maximum Gasteiger partial charge on any atom is 0.263 e. The number of amides is 1. The van der Waals surface area contributed by atoms with Gasteiger partial charge < -0.3 is 14.6 Å². The molecule has 3 heterocycles. The molecule has 0 spiro atoms. The molecule has 3 rings (SSSR count). The van der Waals surface area contributed by atoms with Gasteiger partial charge in [-0.05, 0) is 19.1 Å². The maximum atomic E-state index is 13.0. The Bertz CT molecular complexity index is 954. The van der Waals surface area contributed by atoms with Crippen LogP contribution in [0.5, 0.6) is 5.88 Å². The van der Waals surface area contributed by atoms with Crippen molar-refractivity contribution in [2.24, 2.45) is 7.05 Å². The van der Waals surface area contributed by atoms with Gasteiger partial charge in [0.25, 0.3) is 12.3 Å². The molecular weight excluding hydrogens is 360 g/mol. The van der Waals surface area contributed by atoms with Crippen LogP contribution in [0.4, 0.5) is 14.6 Å². The minimum atomic E-state index is -2.58. The predicted octanol–water partition coefficient (Wildman–Crippen LogP) is 2.16. The van der Waals surface area contributed by atoms with Gasteiger partial charge in [0, 0.05) is 13.2 Å². The number of carbonyl (C=O) groups is 1. The minimum absolute atomic E-state index is 0.177. The number of ether oxygens (including phenoxy) is 1. The fourth-order valence-corrected chi connectivity index (χ4v) is 2.43. The Morgan fingerprint density at radius 2 is 2.11 bits per heavy atom. The van der Waals surface area contributed by atoms with Crippen molar-refractivity contribution in [3.63, 3.8) is 0 Å². The molecule has 3 aromatic rings. The van der Waals surface area contributed by atoms with Crippen molar-refractivity contribution < 1.29 is 18.3 Å². The van der Waals surface area contributed by atoms with Crippen LogP contribution in [0, 0.1) is 0 Å². The van der Waals surface area contributed by atoms with E-state index >= 15 is 0 Å². The first-order chi connectivity index (χ1) is 12.9. The zero-order chi connectivity index (χ0) is 19.6. The molecule has 0 aliphatic carbocycles. The van der Waals surface area contributed by atoms with Crippen LogP contribution in [0.25, 0.3) is 11.5 Å². The summed E-state index contributed by atoms with van der Waals surface area (Å²) < 4.78 is 33.8. The van der Waals surface area contributed by atoms with Gasteiger partial charge in [0.15, 0.2) is 5.82 Å². The molecule has 0 aromatic carbocycles. The number of nitrogens with one attached hydrogen (secondary N) is 1. The van der Waals surface area contributed by atoms with Crippen molar-refractivity contribution in [3.05, 3.63) is 36.3 Å². The zero-order valence-corrected chi connectivity index (χ0v) is 14.8. The van der Waals surface area contributed by atoms with Gasteiger partial charge in [-0.25, -0.2) is 13.8 Å². The number of aromatic nitrogens is 6. The second-order valence-corrected chi connectivity index (χ2v) is 5.72. The first-order valence-electron chi connectivity index (χ1n) is 7.94. The number of pyridine rings is 1. The first-order valence-corrected chi connectivity index (χ1v) is 7.94. The molecule has 1 atom stereocenters. The average Bonchev–Trinajstić information content (AvgIpc) is 3.27. The van der Waals surface area contributed by atoms with Crippen LogP contribution in [0.2, 0.25) is 0 Å². The van der Waals surface area contributed by atoms with E-state index < -0.39 is 18.4 Å². The Morgan fingerprint density at radius 3 is 2.81 bits per heavy atom. The lowest BCUT2D eigenvalue weighted by atomic mass is 10.3. The van der Waals surface area contributed by atoms with E-state index in [0.717, 1.165) is 0 Å². The number of nitrogens with zero attached hydrogens (tertiary/aromatic N) is 6. The Hall–Kier alpha value is -3.37. The molecule has 11 heteroatoms. The summed E-state index contributed by atoms with van der Waals surface area (Å²) in [5, 5.41) is 14.2. The fraction of sp³-hybridized carbons (Fsp3) is 0.312. The molecule has 0 aliphatic rings. The number of carbonyl (C=O) groups excluding carboxylic acids is 1. The lowest BCUT2D eigenvalue weighted by Gasteiger charge is -2.14. The van der Waals surface area contributed by atoms with Crippen molar-refractivity contribution in [2.75, 3.05) is 12.4 Å². The van der Waals surface area contributed by atoms with Crippen LogP contribution >= 0.6 is 0 Å². The van der Waals surface area contributed by atoms with Crippen LogP contribution in [0.15, 0.2) is 30.7 Å². The van der Waals surface area contributed by atoms with Crippen molar-refractivity contribution in [2.45, 2.75) is 19.4 Å². The second kappa shape index (κ2) is 7.48. The topological polar surface area (TPSA) is 99.8 Å². The van der Waals surface area contributed by atoms with Gasteiger partial charge in [-0.15, -0.1) is 15.3 Å². The van der Waals surface area contributed by atoms with Gasteiger partial charge in [-0.3, -0.25) is 9.48 Å². The first kappa shape index (κ1) is 18.4. The molecule has 3 aromatic heterocycles. The largest absolute Gasteiger partial charge is 0.479 e. The SMILES string of the molecule is COc1nn(C)cc1C(=O)Nc1cccc(-c2nncn2[C@@H](C)C(F)F)n1. The molecule has 0 saturated carbocycles. The molecule has 27 heavy (non-hydrogen) atoms. The van der Waals surface area contributed by atoms with Crippen LogP contribution in [-0.4, -0.2) is 49.0 Å². The maximum absolute atomic E-state index is 13.0. The van der Waals surface area contributed by atoms with Crippen molar-refractivity contribution in [1.29, 1.82) is 0 Å². The molecule has 1 amide bonds. The number of anilines is 1. The summed E-state index contributed by atoms with van der Waals surface area (Å²) in [6, 6.07) is 3.68. The van der Waals surface area contributed by atoms with Gasteiger partial charge in [-0.1, -0.05) is 6.07 Å². The monoisotopic (exact) mass is 377 g/mol. The summed E-state index contributed by atoms with van der Waals surface area (Å²) in [5.41, 5.74) is 0.539. The third-order valence-electron chi connectivity index (χ3n) is 3.83. The molecular formula is C16H17F2N7O2. The van der Waals surface area contributed by atoms with Crippen molar-refractivity contribution >= 4 is 11.7 Å². The van der Waals surface area contributed by atoms with Crippen LogP contribution in [0.3, 0.4) is 0 Å². The molecule has 1 N–H and O–H groups in total. The molecule has 0 saturated heterocycles. The Kier molecular flexibility index (Phi) is 5.10. The number of methoxy groups -OCH3 is 1. The molecule has 0 fully saturated rings. The predicted molar refractivity (Wildman–Crippen MR) is 91.7 cm³/mol. The molecule has 0 aliphatic heterocycles. The summed E-state index contributed by atoms with van der Waals surface area (Å²) in [6.07, 6.45) is 0.152. The summed E-state index contributed by atoms with van der Waals surface area (Å²) in [4.78, 5) is 16.7. The third kappa shape index (κ3) is 3.76. The smallest absolute Gasteiger partial charge is 0.263 e. The second-order valence-electron chi connectivity index (χ2n) is 5.72. The highest BCUT2D eigenvalue weighted by atomic mass is 19.3. The third-order valence-corrected chi connectivity index (χ3v) is 3.83. The van der Waals surface area contributed by atoms with Crippen molar-refractivity contribution in [3.8, 4) is 17.4 Å². The Morgan fingerprint density at radius 1 is 1.33 bits per heavy atom. The van der Waals surface area contributed by atoms with Gasteiger partial charge in [0.1, 0.15) is 23.4 Å². The van der Waals surface area contributed by atoms with Gasteiger partial charge in [0.05, 0.1) is 13.2 Å². The lowest BCUT2D eigenvalue weighted by Crippen LogP contribution is -2.15. The number of aryl methyl sites for hydroxylation is 1. The van der Waals surface area contributed by atoms with E-state index in [1.165, 1.54) is 35.8 Å². The normalized spacial score (nSPS) is 12.2. The minimum Gasteiger partial charge on any atom is -0.479 e. The van der Waals surface area contributed by atoms with E-state index in [0.29, 0.717) is 5.69 Å². The summed E-state index contributed by atoms with van der Waals surface area (Å²) in [7, 11) is 3.07. The van der Waals surface area contributed by atoms with E-state index in [1.54, 1.807) is 25.2 Å². The van der Waals surface area contributed by atoms with E-state index in [1.807, 2.05) is 0 Å². The van der Waals surface area contributed by atoms with Gasteiger partial charge in [-0.2, -0.15) is 0 Å². The molecule has 0 bridgehead atoms. The van der Waals surface area contributed by atoms with E-state index in [-0.39, 0.29) is 23.1 Å². The lowest BCUT2D eigenvalue weighted by molar-refractivity contribution is 0.0919. The molecule has 0 radical (unpaired) electrons. The highest BCUT2D eigenvalue weighted by Gasteiger charge is 2.22. The number of hydrogen-bond donors (Lipinski definition) is 1. The average molecular weight is 377 g/mol. The zero-order valence-electron chi connectivity index (χ0n) is 14.8. The number of hydrogen-bond acceptors (Lipinski definition) is 6. The van der Waals surface area contributed by atoms with E-state index in [2.05, 4.69) is 25.6 Å². The molecule has 0 unspecified atom stereocenters. The number of alkyl halides is 2. The Balaban J connectivity index is 1.87. The fourth-order valence-electron chi connectivity index (χ4n) is 2.43. The molecule has 142 valence electrons. The van der Waals surface area contributed by atoms with Crippen LogP contribution < -0.4 is 10.1 Å². The summed E-state index contributed by atoms with van der Waals surface area (Å²) >= 11 is 0. The quantitative estimate of drug-likeness (QED) is 0.707. The van der Waals surface area contributed by atoms with Crippen LogP contribution in [-0.2, 0) is 7.05 Å². The highest BCUT2D eigenvalue weighted by Crippen LogP contribution is 2.24. The van der Waals surface area contributed by atoms with E-state index in [4.69, 9.17) is 4.74 Å². The van der Waals surface area contributed by atoms with Crippen molar-refractivity contribution in [1.82, 2.24) is 29.5 Å². The standard InChI is InChI=1S/C16H17F2N7O2/c1-9(13(17)18)25-8-19-22-14(25)11-5-4-6-12(20-11)21-15(26)10-7-24(2)23-16(10)27-3/h4-9,13H,1-3H3,(H,20,21,26)/t9-/m0/s1. The molecule has 9 nitrogen and oxygen atoms in total. The Labute approximate surface area is 153 Å². The van der Waals surface area contributed by atoms with Gasteiger partial charge in [0.2, 0.25) is 5.88 Å². The van der Waals surface area contributed by atoms with E-state index in [9.17, 15) is 13.6 Å². The summed E-state index contributed by atoms with van der Waals surface area (Å²) in [6.45, 7) is 1.36.